The van der Waals surface area contributed by atoms with E-state index in [0.717, 1.165) is 103 Å². The number of carbonyl (C=O) groups is 2. The van der Waals surface area contributed by atoms with Crippen LogP contribution in [0.4, 0.5) is 0 Å². The van der Waals surface area contributed by atoms with Gasteiger partial charge in [0.15, 0.2) is 12.4 Å². The number of allylic oxidation sites excluding steroid dienone is 13. The molecule has 0 aromatic carbocycles. The quantitative estimate of drug-likeness (QED) is 0.0196. The Bertz CT molecular complexity index is 1490. The highest BCUT2D eigenvalue weighted by molar-refractivity contribution is 5.80. The Balaban J connectivity index is 2.77. The third kappa shape index (κ3) is 36.7. The van der Waals surface area contributed by atoms with Gasteiger partial charge >= 0.3 is 5.97 Å². The number of hydrogen-bond donors (Lipinski definition) is 6. The van der Waals surface area contributed by atoms with E-state index in [1.54, 1.807) is 6.08 Å². The molecule has 8 unspecified atom stereocenters. The van der Waals surface area contributed by atoms with E-state index >= 15 is 0 Å². The van der Waals surface area contributed by atoms with Crippen LogP contribution >= 0.6 is 0 Å². The summed E-state index contributed by atoms with van der Waals surface area (Å²) in [6.45, 7) is 5.60. The van der Waals surface area contributed by atoms with Crippen LogP contribution in [-0.4, -0.2) is 99.6 Å². The van der Waals surface area contributed by atoms with Gasteiger partial charge in [-0.25, -0.2) is 0 Å². The fourth-order valence-corrected chi connectivity index (χ4v) is 8.44. The third-order valence-electron chi connectivity index (χ3n) is 13.0. The van der Waals surface area contributed by atoms with Gasteiger partial charge in [0.25, 0.3) is 0 Å². The second-order valence-electron chi connectivity index (χ2n) is 19.6. The number of aliphatic hydroxyl groups is 5. The minimum Gasteiger partial charge on any atom is -0.454 e. The lowest BCUT2D eigenvalue weighted by Crippen LogP contribution is -2.61. The van der Waals surface area contributed by atoms with Gasteiger partial charge in [0, 0.05) is 6.42 Å². The number of unbranched alkanes of at least 4 members (excludes halogenated alkanes) is 21. The average molecular weight is 1010 g/mol. The van der Waals surface area contributed by atoms with Crippen molar-refractivity contribution in [3.63, 3.8) is 0 Å². The molecule has 0 aliphatic carbocycles. The maximum atomic E-state index is 13.4. The van der Waals surface area contributed by atoms with Gasteiger partial charge in [-0.15, -0.1) is 0 Å². The second kappa shape index (κ2) is 48.8. The summed E-state index contributed by atoms with van der Waals surface area (Å²) in [6, 6.07) is -1.04. The maximum Gasteiger partial charge on any atom is 0.306 e. The summed E-state index contributed by atoms with van der Waals surface area (Å²) in [5.41, 5.74) is 0. The molecule has 1 fully saturated rings. The van der Waals surface area contributed by atoms with Gasteiger partial charge < -0.3 is 45.1 Å². The summed E-state index contributed by atoms with van der Waals surface area (Å²) >= 11 is 0. The molecular weight excluding hydrogens is 907 g/mol. The summed E-state index contributed by atoms with van der Waals surface area (Å²) in [5, 5.41) is 56.8. The number of hydrogen-bond acceptors (Lipinski definition) is 10. The maximum absolute atomic E-state index is 13.4. The van der Waals surface area contributed by atoms with E-state index in [2.05, 4.69) is 99.0 Å². The van der Waals surface area contributed by atoms with Crippen molar-refractivity contribution >= 4 is 11.9 Å². The molecular formula is C61H105NO10. The highest BCUT2D eigenvalue weighted by Crippen LogP contribution is 2.26. The highest BCUT2D eigenvalue weighted by atomic mass is 16.7. The van der Waals surface area contributed by atoms with E-state index in [-0.39, 0.29) is 19.4 Å². The van der Waals surface area contributed by atoms with Crippen LogP contribution in [0.25, 0.3) is 0 Å². The first kappa shape index (κ1) is 66.9. The molecule has 1 aliphatic heterocycles. The van der Waals surface area contributed by atoms with Gasteiger partial charge in [-0.1, -0.05) is 209 Å². The van der Waals surface area contributed by atoms with Crippen LogP contribution in [-0.2, 0) is 23.8 Å². The van der Waals surface area contributed by atoms with Crippen LogP contribution in [0.1, 0.15) is 226 Å². The van der Waals surface area contributed by atoms with Crippen LogP contribution < -0.4 is 5.32 Å². The molecule has 1 heterocycles. The van der Waals surface area contributed by atoms with Crippen LogP contribution in [0, 0.1) is 0 Å². The molecule has 0 aromatic rings. The van der Waals surface area contributed by atoms with E-state index in [1.807, 2.05) is 6.08 Å². The van der Waals surface area contributed by atoms with Crippen molar-refractivity contribution in [1.29, 1.82) is 0 Å². The van der Waals surface area contributed by atoms with Gasteiger partial charge in [-0.2, -0.15) is 0 Å². The zero-order valence-electron chi connectivity index (χ0n) is 45.5. The van der Waals surface area contributed by atoms with Crippen LogP contribution in [0.3, 0.4) is 0 Å². The highest BCUT2D eigenvalue weighted by Gasteiger charge is 2.47. The third-order valence-corrected chi connectivity index (χ3v) is 13.0. The lowest BCUT2D eigenvalue weighted by atomic mass is 9.99. The summed E-state index contributed by atoms with van der Waals surface area (Å²) in [6.07, 6.45) is 51.9. The Labute approximate surface area is 438 Å². The lowest BCUT2D eigenvalue weighted by molar-refractivity contribution is -0.305. The largest absolute Gasteiger partial charge is 0.454 e. The molecule has 11 nitrogen and oxygen atoms in total. The minimum atomic E-state index is -1.63. The Hall–Kier alpha value is -3.16. The molecule has 0 aromatic heterocycles. The first-order valence-electron chi connectivity index (χ1n) is 28.9. The fourth-order valence-electron chi connectivity index (χ4n) is 8.44. The topological polar surface area (TPSA) is 175 Å². The molecule has 1 amide bonds. The number of carbonyl (C=O) groups excluding carboxylic acids is 2. The van der Waals surface area contributed by atoms with Crippen molar-refractivity contribution in [3.8, 4) is 0 Å². The van der Waals surface area contributed by atoms with Crippen molar-refractivity contribution in [2.45, 2.75) is 275 Å². The van der Waals surface area contributed by atoms with Crippen molar-refractivity contribution < 1.29 is 49.3 Å². The van der Waals surface area contributed by atoms with E-state index in [4.69, 9.17) is 14.2 Å². The molecule has 0 spiro atoms. The molecule has 0 radical (unpaired) electrons. The van der Waals surface area contributed by atoms with Crippen molar-refractivity contribution in [2.24, 2.45) is 0 Å². The van der Waals surface area contributed by atoms with E-state index in [1.165, 1.54) is 77.0 Å². The Morgan fingerprint density at radius 1 is 0.556 bits per heavy atom. The molecule has 0 bridgehead atoms. The molecule has 1 aliphatic rings. The molecule has 414 valence electrons. The van der Waals surface area contributed by atoms with Crippen LogP contribution in [0.15, 0.2) is 85.1 Å². The van der Waals surface area contributed by atoms with E-state index in [0.29, 0.717) is 12.8 Å². The normalized spacial score (nSPS) is 20.1. The number of aliphatic hydroxyl groups excluding tert-OH is 5. The van der Waals surface area contributed by atoms with Gasteiger partial charge in [0.1, 0.15) is 24.4 Å². The monoisotopic (exact) mass is 1010 g/mol. The molecule has 11 heteroatoms. The molecule has 1 rings (SSSR count). The molecule has 0 saturated carbocycles. The summed E-state index contributed by atoms with van der Waals surface area (Å²) < 4.78 is 17.5. The fraction of sp³-hybridized carbons (Fsp3) is 0.738. The summed E-state index contributed by atoms with van der Waals surface area (Å²) in [7, 11) is 0. The minimum absolute atomic E-state index is 0.0913. The van der Waals surface area contributed by atoms with Gasteiger partial charge in [-0.05, 0) is 96.3 Å². The number of ether oxygens (including phenoxy) is 3. The average Bonchev–Trinajstić information content (AvgIpc) is 3.38. The number of esters is 1. The van der Waals surface area contributed by atoms with Crippen molar-refractivity contribution in [2.75, 3.05) is 13.2 Å². The predicted octanol–water partition coefficient (Wildman–Crippen LogP) is 13.0. The van der Waals surface area contributed by atoms with Crippen LogP contribution in [0.5, 0.6) is 0 Å². The summed E-state index contributed by atoms with van der Waals surface area (Å²) in [5.74, 6) is -1.25. The van der Waals surface area contributed by atoms with Gasteiger partial charge in [0.2, 0.25) is 5.91 Å². The van der Waals surface area contributed by atoms with Crippen LogP contribution in [0.2, 0.25) is 0 Å². The first-order chi connectivity index (χ1) is 35.2. The Kier molecular flexibility index (Phi) is 45.3. The predicted molar refractivity (Wildman–Crippen MR) is 296 cm³/mol. The van der Waals surface area contributed by atoms with Gasteiger partial charge in [-0.3, -0.25) is 9.59 Å². The zero-order valence-corrected chi connectivity index (χ0v) is 45.5. The SMILES string of the molecule is CC/C=C/C/C=C/C/C=C/CCCCCC(O)C(=O)NC(COC1OC(CO)C(O)C(O)C1OC(=O)CCCCCC/C=C\C/C=C\C/C=C\CCCCC)C(O)/C=C/CCCCCCCCCCCCC. The zero-order chi connectivity index (χ0) is 52.5. The number of amides is 1. The lowest BCUT2D eigenvalue weighted by Gasteiger charge is -2.41. The summed E-state index contributed by atoms with van der Waals surface area (Å²) in [4.78, 5) is 26.4. The second-order valence-corrected chi connectivity index (χ2v) is 19.6. The van der Waals surface area contributed by atoms with Crippen molar-refractivity contribution in [3.05, 3.63) is 85.1 Å². The van der Waals surface area contributed by atoms with Crippen molar-refractivity contribution in [1.82, 2.24) is 5.32 Å². The van der Waals surface area contributed by atoms with E-state index < -0.39 is 67.4 Å². The first-order valence-corrected chi connectivity index (χ1v) is 28.9. The standard InChI is InChI=1S/C61H105NO10/c1-4-7-10-13-16-19-22-25-26-27-28-31-34-37-40-43-46-49-56(66)72-59-58(68)57(67)55(50-63)71-61(59)70-51-52(53(64)47-44-41-38-35-32-29-23-20-17-14-11-8-5-2)62-60(69)54(65)48-45-42-39-36-33-30-24-21-18-15-12-9-6-3/h9,12,16,18-19,21,25-26,28,30-31,33,44,47,52-55,57-59,61,63-65,67-68H,4-8,10-11,13-15,17,20,22-24,27,29,32,34-43,45-46,48-51H2,1-3H3,(H,62,69)/b12-9+,19-16-,21-18+,26-25-,31-28-,33-30+,47-44+. The number of nitrogens with one attached hydrogen (secondary N) is 1. The molecule has 72 heavy (non-hydrogen) atoms. The number of rotatable bonds is 47. The Morgan fingerprint density at radius 2 is 1.00 bits per heavy atom. The molecule has 8 atom stereocenters. The Morgan fingerprint density at radius 3 is 1.53 bits per heavy atom. The molecule has 1 saturated heterocycles. The van der Waals surface area contributed by atoms with Gasteiger partial charge in [0.05, 0.1) is 25.4 Å². The smallest absolute Gasteiger partial charge is 0.306 e. The van der Waals surface area contributed by atoms with E-state index in [9.17, 15) is 35.1 Å². The molecule has 6 N–H and O–H groups in total.